The van der Waals surface area contributed by atoms with Gasteiger partial charge in [-0.15, -0.1) is 0 Å². The molecular weight excluding hydrogens is 430 g/mol. The van der Waals surface area contributed by atoms with Crippen LogP contribution in [0.2, 0.25) is 0 Å². The van der Waals surface area contributed by atoms with Crippen LogP contribution in [0.25, 0.3) is 22.0 Å². The molecule has 1 aliphatic carbocycles. The van der Waals surface area contributed by atoms with Gasteiger partial charge in [0, 0.05) is 17.0 Å². The second-order valence-corrected chi connectivity index (χ2v) is 10.9. The van der Waals surface area contributed by atoms with E-state index in [4.69, 9.17) is 5.10 Å². The number of amides is 1. The first kappa shape index (κ1) is 23.3. The second kappa shape index (κ2) is 9.33. The second-order valence-electron chi connectivity index (χ2n) is 10.9. The molecule has 0 aliphatic heterocycles. The summed E-state index contributed by atoms with van der Waals surface area (Å²) in [5.74, 6) is 0.0251. The fraction of sp³-hybridized carbons (Fsp3) is 0.355. The van der Waals surface area contributed by atoms with Crippen LogP contribution in [0.4, 0.5) is 0 Å². The van der Waals surface area contributed by atoms with E-state index < -0.39 is 0 Å². The van der Waals surface area contributed by atoms with E-state index in [9.17, 15) is 4.79 Å². The minimum absolute atomic E-state index is 0.0251. The molecule has 1 aromatic heterocycles. The molecule has 1 aliphatic rings. The standard InChI is InChI=1S/C31H35N3O/c1-21-27-19-24(30(35)32-25-9-5-6-10-25)17-18-29(27)34(33-21)20-22-13-15-23(16-14-22)26-11-7-8-12-28(26)31(2,3)4/h7-8,11-19,25H,5-6,9-10,20H2,1-4H3,(H,32,35). The van der Waals surface area contributed by atoms with E-state index in [0.717, 1.165) is 29.4 Å². The monoisotopic (exact) mass is 465 g/mol. The lowest BCUT2D eigenvalue weighted by Crippen LogP contribution is -2.32. The van der Waals surface area contributed by atoms with Crippen LogP contribution in [0.3, 0.4) is 0 Å². The smallest absolute Gasteiger partial charge is 0.251 e. The highest BCUT2D eigenvalue weighted by Crippen LogP contribution is 2.33. The third-order valence-corrected chi connectivity index (χ3v) is 7.22. The average molecular weight is 466 g/mol. The number of benzene rings is 3. The molecular formula is C31H35N3O. The van der Waals surface area contributed by atoms with Crippen molar-refractivity contribution in [2.45, 2.75) is 71.4 Å². The van der Waals surface area contributed by atoms with Crippen molar-refractivity contribution in [3.05, 3.63) is 89.1 Å². The first-order valence-electron chi connectivity index (χ1n) is 12.8. The van der Waals surface area contributed by atoms with Crippen LogP contribution >= 0.6 is 0 Å². The van der Waals surface area contributed by atoms with Gasteiger partial charge in [0.15, 0.2) is 0 Å². The minimum Gasteiger partial charge on any atom is -0.349 e. The lowest BCUT2D eigenvalue weighted by Gasteiger charge is -2.23. The van der Waals surface area contributed by atoms with E-state index in [1.54, 1.807) is 0 Å². The molecule has 1 saturated carbocycles. The van der Waals surface area contributed by atoms with Gasteiger partial charge in [-0.2, -0.15) is 5.10 Å². The van der Waals surface area contributed by atoms with Crippen molar-refractivity contribution in [1.82, 2.24) is 15.1 Å². The van der Waals surface area contributed by atoms with Gasteiger partial charge < -0.3 is 5.32 Å². The lowest BCUT2D eigenvalue weighted by molar-refractivity contribution is 0.0938. The molecule has 1 amide bonds. The molecule has 4 heteroatoms. The molecule has 1 N–H and O–H groups in total. The molecule has 0 saturated heterocycles. The van der Waals surface area contributed by atoms with Gasteiger partial charge in [-0.3, -0.25) is 9.48 Å². The van der Waals surface area contributed by atoms with Crippen molar-refractivity contribution < 1.29 is 4.79 Å². The zero-order valence-corrected chi connectivity index (χ0v) is 21.3. The van der Waals surface area contributed by atoms with Gasteiger partial charge in [0.2, 0.25) is 0 Å². The van der Waals surface area contributed by atoms with E-state index in [-0.39, 0.29) is 11.3 Å². The Morgan fingerprint density at radius 1 is 1.00 bits per heavy atom. The molecule has 5 rings (SSSR count). The summed E-state index contributed by atoms with van der Waals surface area (Å²) in [6.45, 7) is 9.49. The summed E-state index contributed by atoms with van der Waals surface area (Å²) < 4.78 is 2.04. The number of nitrogens with zero attached hydrogens (tertiary/aromatic N) is 2. The fourth-order valence-electron chi connectivity index (χ4n) is 5.29. The van der Waals surface area contributed by atoms with Crippen molar-refractivity contribution >= 4 is 16.8 Å². The predicted octanol–water partition coefficient (Wildman–Crippen LogP) is 7.03. The summed E-state index contributed by atoms with van der Waals surface area (Å²) in [4.78, 5) is 12.7. The summed E-state index contributed by atoms with van der Waals surface area (Å²) in [5, 5.41) is 9.03. The van der Waals surface area contributed by atoms with Gasteiger partial charge in [0.1, 0.15) is 0 Å². The van der Waals surface area contributed by atoms with Gasteiger partial charge >= 0.3 is 0 Å². The molecule has 1 heterocycles. The molecule has 0 spiro atoms. The molecule has 4 aromatic rings. The summed E-state index contributed by atoms with van der Waals surface area (Å²) >= 11 is 0. The van der Waals surface area contributed by atoms with Crippen LogP contribution in [0, 0.1) is 6.92 Å². The van der Waals surface area contributed by atoms with Gasteiger partial charge in [-0.25, -0.2) is 0 Å². The largest absolute Gasteiger partial charge is 0.349 e. The molecule has 4 nitrogen and oxygen atoms in total. The Hall–Kier alpha value is -3.40. The number of carbonyl (C=O) groups excluding carboxylic acids is 1. The summed E-state index contributed by atoms with van der Waals surface area (Å²) in [5.41, 5.74) is 7.90. The molecule has 0 radical (unpaired) electrons. The summed E-state index contributed by atoms with van der Waals surface area (Å²) in [6.07, 6.45) is 4.59. The number of hydrogen-bond acceptors (Lipinski definition) is 2. The number of fused-ring (bicyclic) bond motifs is 1. The molecule has 1 fully saturated rings. The fourth-order valence-corrected chi connectivity index (χ4v) is 5.29. The van der Waals surface area contributed by atoms with Crippen LogP contribution in [0.5, 0.6) is 0 Å². The third-order valence-electron chi connectivity index (χ3n) is 7.22. The van der Waals surface area contributed by atoms with Crippen LogP contribution < -0.4 is 5.32 Å². The minimum atomic E-state index is 0.0251. The Morgan fingerprint density at radius 2 is 1.71 bits per heavy atom. The predicted molar refractivity (Wildman–Crippen MR) is 144 cm³/mol. The highest BCUT2D eigenvalue weighted by molar-refractivity contribution is 5.98. The van der Waals surface area contributed by atoms with Crippen molar-refractivity contribution in [1.29, 1.82) is 0 Å². The molecule has 35 heavy (non-hydrogen) atoms. The number of rotatable bonds is 5. The Kier molecular flexibility index (Phi) is 6.22. The molecule has 3 aromatic carbocycles. The first-order valence-corrected chi connectivity index (χ1v) is 12.8. The summed E-state index contributed by atoms with van der Waals surface area (Å²) in [7, 11) is 0. The molecule has 0 atom stereocenters. The zero-order chi connectivity index (χ0) is 24.6. The number of aryl methyl sites for hydroxylation is 1. The van der Waals surface area contributed by atoms with Crippen LogP contribution in [-0.2, 0) is 12.0 Å². The number of aromatic nitrogens is 2. The first-order chi connectivity index (χ1) is 16.8. The Balaban J connectivity index is 1.37. The van der Waals surface area contributed by atoms with Crippen LogP contribution in [-0.4, -0.2) is 21.7 Å². The zero-order valence-electron chi connectivity index (χ0n) is 21.3. The number of carbonyl (C=O) groups is 1. The maximum Gasteiger partial charge on any atom is 0.251 e. The van der Waals surface area contributed by atoms with Crippen molar-refractivity contribution in [3.8, 4) is 11.1 Å². The Bertz CT molecular complexity index is 1350. The van der Waals surface area contributed by atoms with Crippen molar-refractivity contribution in [2.24, 2.45) is 0 Å². The maximum atomic E-state index is 12.7. The van der Waals surface area contributed by atoms with Crippen LogP contribution in [0.15, 0.2) is 66.7 Å². The van der Waals surface area contributed by atoms with Crippen molar-refractivity contribution in [2.75, 3.05) is 0 Å². The van der Waals surface area contributed by atoms with E-state index in [1.807, 2.05) is 29.8 Å². The van der Waals surface area contributed by atoms with Gasteiger partial charge in [0.05, 0.1) is 17.8 Å². The van der Waals surface area contributed by atoms with E-state index in [0.29, 0.717) is 18.2 Å². The Morgan fingerprint density at radius 3 is 2.43 bits per heavy atom. The maximum absolute atomic E-state index is 12.7. The van der Waals surface area contributed by atoms with Crippen LogP contribution in [0.1, 0.15) is 73.6 Å². The normalized spacial score (nSPS) is 14.5. The van der Waals surface area contributed by atoms with Gasteiger partial charge in [-0.1, -0.05) is 82.1 Å². The molecule has 0 bridgehead atoms. The average Bonchev–Trinajstić information content (AvgIpc) is 3.46. The van der Waals surface area contributed by atoms with Gasteiger partial charge in [0.25, 0.3) is 5.91 Å². The summed E-state index contributed by atoms with van der Waals surface area (Å²) in [6, 6.07) is 23.8. The van der Waals surface area contributed by atoms with Gasteiger partial charge in [-0.05, 0) is 65.6 Å². The Labute approximate surface area is 208 Å². The third kappa shape index (κ3) is 4.88. The lowest BCUT2D eigenvalue weighted by atomic mass is 9.82. The quantitative estimate of drug-likeness (QED) is 0.344. The SMILES string of the molecule is Cc1nn(Cc2ccc(-c3ccccc3C(C)(C)C)cc2)c2ccc(C(=O)NC3CCCC3)cc12. The topological polar surface area (TPSA) is 46.9 Å². The van der Waals surface area contributed by atoms with E-state index in [2.05, 4.69) is 74.6 Å². The number of nitrogens with one attached hydrogen (secondary N) is 1. The number of hydrogen-bond donors (Lipinski definition) is 1. The highest BCUT2D eigenvalue weighted by Gasteiger charge is 2.20. The highest BCUT2D eigenvalue weighted by atomic mass is 16.1. The van der Waals surface area contributed by atoms with E-state index in [1.165, 1.54) is 35.1 Å². The van der Waals surface area contributed by atoms with Crippen molar-refractivity contribution in [3.63, 3.8) is 0 Å². The molecule has 0 unspecified atom stereocenters. The van der Waals surface area contributed by atoms with E-state index >= 15 is 0 Å². The molecule has 180 valence electrons.